The van der Waals surface area contributed by atoms with E-state index < -0.39 is 0 Å². The zero-order valence-electron chi connectivity index (χ0n) is 9.26. The molecule has 1 saturated heterocycles. The summed E-state index contributed by atoms with van der Waals surface area (Å²) in [6.45, 7) is 4.09. The molecule has 1 aromatic rings. The number of aromatic nitrogens is 3. The normalized spacial score (nSPS) is 19.6. The highest BCUT2D eigenvalue weighted by atomic mass is 15.4. The molecule has 0 aromatic carbocycles. The van der Waals surface area contributed by atoms with Crippen LogP contribution in [0.2, 0.25) is 0 Å². The van der Waals surface area contributed by atoms with Gasteiger partial charge in [-0.1, -0.05) is 5.21 Å². The maximum absolute atomic E-state index is 5.67. The van der Waals surface area contributed by atoms with Crippen LogP contribution < -0.4 is 5.73 Å². The highest BCUT2D eigenvalue weighted by molar-refractivity contribution is 4.93. The maximum atomic E-state index is 5.67. The topological polar surface area (TPSA) is 60.0 Å². The van der Waals surface area contributed by atoms with Crippen molar-refractivity contribution in [1.29, 1.82) is 0 Å². The molecule has 0 amide bonds. The lowest BCUT2D eigenvalue weighted by Crippen LogP contribution is -2.36. The quantitative estimate of drug-likeness (QED) is 0.760. The Bertz CT molecular complexity index is 301. The minimum atomic E-state index is 0.728. The predicted molar refractivity (Wildman–Crippen MR) is 58.1 cm³/mol. The zero-order valence-corrected chi connectivity index (χ0v) is 9.26. The van der Waals surface area contributed by atoms with Crippen LogP contribution in [0.15, 0.2) is 6.20 Å². The molecule has 0 unspecified atom stereocenters. The van der Waals surface area contributed by atoms with Crippen molar-refractivity contribution in [2.45, 2.75) is 19.4 Å². The minimum absolute atomic E-state index is 0.728. The van der Waals surface area contributed by atoms with Crippen molar-refractivity contribution in [1.82, 2.24) is 19.9 Å². The van der Waals surface area contributed by atoms with E-state index in [1.807, 2.05) is 17.9 Å². The fraction of sp³-hybridized carbons (Fsp3) is 0.800. The second-order valence-corrected chi connectivity index (χ2v) is 4.30. The van der Waals surface area contributed by atoms with Crippen molar-refractivity contribution < 1.29 is 0 Å². The predicted octanol–water partition coefficient (Wildman–Crippen LogP) is -0.0142. The zero-order chi connectivity index (χ0) is 10.7. The highest BCUT2D eigenvalue weighted by Gasteiger charge is 2.18. The van der Waals surface area contributed by atoms with Gasteiger partial charge in [-0.3, -0.25) is 9.58 Å². The Morgan fingerprint density at radius 1 is 1.47 bits per heavy atom. The fourth-order valence-corrected chi connectivity index (χ4v) is 2.06. The molecule has 2 N–H and O–H groups in total. The molecule has 0 atom stereocenters. The van der Waals surface area contributed by atoms with Crippen molar-refractivity contribution in [2.75, 3.05) is 19.6 Å². The van der Waals surface area contributed by atoms with Gasteiger partial charge in [0, 0.05) is 13.6 Å². The molecule has 15 heavy (non-hydrogen) atoms. The third-order valence-electron chi connectivity index (χ3n) is 3.23. The lowest BCUT2D eigenvalue weighted by Gasteiger charge is -2.30. The van der Waals surface area contributed by atoms with E-state index in [4.69, 9.17) is 5.73 Å². The van der Waals surface area contributed by atoms with Gasteiger partial charge in [-0.2, -0.15) is 0 Å². The summed E-state index contributed by atoms with van der Waals surface area (Å²) < 4.78 is 1.84. The van der Waals surface area contributed by atoms with Gasteiger partial charge in [0.1, 0.15) is 0 Å². The molecule has 0 aliphatic carbocycles. The first-order valence-corrected chi connectivity index (χ1v) is 5.55. The molecular formula is C10H19N5. The monoisotopic (exact) mass is 209 g/mol. The van der Waals surface area contributed by atoms with Crippen LogP contribution in [0.5, 0.6) is 0 Å². The standard InChI is InChI=1S/C10H19N5/c1-14-10(7-12-13-14)8-15-4-2-9(6-11)3-5-15/h7,9H,2-6,8,11H2,1H3. The van der Waals surface area contributed by atoms with E-state index >= 15 is 0 Å². The van der Waals surface area contributed by atoms with Gasteiger partial charge in [-0.05, 0) is 38.4 Å². The van der Waals surface area contributed by atoms with Crippen molar-refractivity contribution in [2.24, 2.45) is 18.7 Å². The number of aryl methyl sites for hydroxylation is 1. The largest absolute Gasteiger partial charge is 0.330 e. The van der Waals surface area contributed by atoms with Crippen LogP contribution in [0.4, 0.5) is 0 Å². The number of hydrogen-bond donors (Lipinski definition) is 1. The van der Waals surface area contributed by atoms with E-state index in [1.54, 1.807) is 0 Å². The first kappa shape index (κ1) is 10.6. The molecule has 2 rings (SSSR count). The Kier molecular flexibility index (Phi) is 3.33. The number of likely N-dealkylation sites (tertiary alicyclic amines) is 1. The number of rotatable bonds is 3. The van der Waals surface area contributed by atoms with Crippen LogP contribution in [0.1, 0.15) is 18.5 Å². The van der Waals surface area contributed by atoms with Gasteiger partial charge in [0.25, 0.3) is 0 Å². The van der Waals surface area contributed by atoms with E-state index in [2.05, 4.69) is 15.2 Å². The molecule has 0 spiro atoms. The van der Waals surface area contributed by atoms with E-state index in [-0.39, 0.29) is 0 Å². The van der Waals surface area contributed by atoms with Crippen LogP contribution in [-0.2, 0) is 13.6 Å². The third kappa shape index (κ3) is 2.54. The molecule has 0 bridgehead atoms. The number of nitrogens with two attached hydrogens (primary N) is 1. The van der Waals surface area contributed by atoms with Crippen LogP contribution >= 0.6 is 0 Å². The molecule has 84 valence electrons. The number of hydrogen-bond acceptors (Lipinski definition) is 4. The van der Waals surface area contributed by atoms with Crippen LogP contribution in [0.25, 0.3) is 0 Å². The van der Waals surface area contributed by atoms with Gasteiger partial charge < -0.3 is 5.73 Å². The Labute approximate surface area is 90.2 Å². The second kappa shape index (κ2) is 4.72. The van der Waals surface area contributed by atoms with Gasteiger partial charge in [0.15, 0.2) is 0 Å². The summed E-state index contributed by atoms with van der Waals surface area (Å²) in [5, 5.41) is 7.82. The van der Waals surface area contributed by atoms with E-state index in [9.17, 15) is 0 Å². The molecule has 5 nitrogen and oxygen atoms in total. The van der Waals surface area contributed by atoms with Crippen molar-refractivity contribution in [3.63, 3.8) is 0 Å². The summed E-state index contributed by atoms with van der Waals surface area (Å²) in [7, 11) is 1.94. The van der Waals surface area contributed by atoms with Gasteiger partial charge in [-0.15, -0.1) is 5.10 Å². The lowest BCUT2D eigenvalue weighted by molar-refractivity contribution is 0.177. The Morgan fingerprint density at radius 3 is 2.73 bits per heavy atom. The number of nitrogens with zero attached hydrogens (tertiary/aromatic N) is 4. The maximum Gasteiger partial charge on any atom is 0.0738 e. The van der Waals surface area contributed by atoms with Crippen molar-refractivity contribution in [3.8, 4) is 0 Å². The Morgan fingerprint density at radius 2 is 2.20 bits per heavy atom. The van der Waals surface area contributed by atoms with Gasteiger partial charge in [-0.25, -0.2) is 0 Å². The average Bonchev–Trinajstić information content (AvgIpc) is 2.66. The molecule has 1 aliphatic rings. The Hall–Kier alpha value is -0.940. The molecule has 0 radical (unpaired) electrons. The van der Waals surface area contributed by atoms with Crippen molar-refractivity contribution >= 4 is 0 Å². The molecule has 5 heteroatoms. The molecule has 0 saturated carbocycles. The van der Waals surface area contributed by atoms with Crippen LogP contribution in [0, 0.1) is 5.92 Å². The van der Waals surface area contributed by atoms with Crippen molar-refractivity contribution in [3.05, 3.63) is 11.9 Å². The summed E-state index contributed by atoms with van der Waals surface area (Å²) >= 11 is 0. The summed E-state index contributed by atoms with van der Waals surface area (Å²) in [5.74, 6) is 0.728. The van der Waals surface area contributed by atoms with E-state index in [0.717, 1.165) is 32.1 Å². The molecule has 2 heterocycles. The number of piperidine rings is 1. The van der Waals surface area contributed by atoms with E-state index in [0.29, 0.717) is 0 Å². The summed E-state index contributed by atoms with van der Waals surface area (Å²) in [5.41, 5.74) is 6.85. The van der Waals surface area contributed by atoms with Gasteiger partial charge in [0.05, 0.1) is 11.9 Å². The van der Waals surface area contributed by atoms with Crippen LogP contribution in [0.3, 0.4) is 0 Å². The average molecular weight is 209 g/mol. The third-order valence-corrected chi connectivity index (χ3v) is 3.23. The summed E-state index contributed by atoms with van der Waals surface area (Å²) in [6.07, 6.45) is 4.29. The minimum Gasteiger partial charge on any atom is -0.330 e. The summed E-state index contributed by atoms with van der Waals surface area (Å²) in [6, 6.07) is 0. The SMILES string of the molecule is Cn1nncc1CN1CCC(CN)CC1. The second-order valence-electron chi connectivity index (χ2n) is 4.30. The lowest BCUT2D eigenvalue weighted by atomic mass is 9.97. The summed E-state index contributed by atoms with van der Waals surface area (Å²) in [4.78, 5) is 2.45. The fourth-order valence-electron chi connectivity index (χ4n) is 2.06. The first-order chi connectivity index (χ1) is 7.29. The molecule has 1 fully saturated rings. The molecule has 1 aliphatic heterocycles. The molecule has 1 aromatic heterocycles. The van der Waals surface area contributed by atoms with E-state index in [1.165, 1.54) is 18.5 Å². The van der Waals surface area contributed by atoms with Crippen LogP contribution in [-0.4, -0.2) is 39.5 Å². The first-order valence-electron chi connectivity index (χ1n) is 5.55. The highest BCUT2D eigenvalue weighted by Crippen LogP contribution is 2.17. The van der Waals surface area contributed by atoms with Gasteiger partial charge >= 0.3 is 0 Å². The Balaban J connectivity index is 1.85. The van der Waals surface area contributed by atoms with Gasteiger partial charge in [0.2, 0.25) is 0 Å². The molecular weight excluding hydrogens is 190 g/mol. The smallest absolute Gasteiger partial charge is 0.0738 e.